The normalized spacial score (nSPS) is 16.9. The summed E-state index contributed by atoms with van der Waals surface area (Å²) in [5.41, 5.74) is -1.33. The Morgan fingerprint density at radius 3 is 1.93 bits per heavy atom. The Balaban J connectivity index is 2.75. The molecular weight excluding hydrogens is 390 g/mol. The molecule has 2 atom stereocenters. The minimum Gasteiger partial charge on any atom is -0.444 e. The summed E-state index contributed by atoms with van der Waals surface area (Å²) < 4.78 is 16.1. The molecule has 2 amide bonds. The monoisotopic (exact) mass is 427 g/mol. The zero-order valence-electron chi connectivity index (χ0n) is 19.1. The van der Waals surface area contributed by atoms with E-state index in [0.717, 1.165) is 0 Å². The number of rotatable bonds is 10. The van der Waals surface area contributed by atoms with Gasteiger partial charge in [0.2, 0.25) is 6.54 Å². The lowest BCUT2D eigenvalue weighted by Gasteiger charge is -2.31. The fraction of sp³-hybridized carbons (Fsp3) is 0.857. The van der Waals surface area contributed by atoms with Gasteiger partial charge in [-0.15, -0.1) is 0 Å². The minimum absolute atomic E-state index is 0.00780. The number of hydrogen-bond donors (Lipinski definition) is 1. The summed E-state index contributed by atoms with van der Waals surface area (Å²) in [6.45, 7) is 19.2. The number of aliphatic hydroxyl groups is 1. The Morgan fingerprint density at radius 1 is 1.07 bits per heavy atom. The molecule has 1 rings (SSSR count). The number of carbonyl (C=O) groups excluding carboxylic acids is 2. The highest BCUT2D eigenvalue weighted by Crippen LogP contribution is 2.17. The van der Waals surface area contributed by atoms with Crippen LogP contribution in [0.1, 0.15) is 54.4 Å². The molecule has 9 nitrogen and oxygen atoms in total. The van der Waals surface area contributed by atoms with Gasteiger partial charge in [0.15, 0.2) is 0 Å². The highest BCUT2D eigenvalue weighted by Gasteiger charge is 2.30. The summed E-state index contributed by atoms with van der Waals surface area (Å²) in [5.74, 6) is 0. The van der Waals surface area contributed by atoms with E-state index in [0.29, 0.717) is 26.0 Å². The minimum atomic E-state index is -0.988. The smallest absolute Gasteiger partial charge is 0.410 e. The SMILES string of the molecule is [C-]#[N+]CCCN(CC(O)CN(CCC1CO1)C(=O)OC(C)(C)C)C(=O)OC(C)(C)C. The Labute approximate surface area is 180 Å². The number of aliphatic hydroxyl groups excluding tert-OH is 1. The van der Waals surface area contributed by atoms with E-state index < -0.39 is 29.5 Å². The van der Waals surface area contributed by atoms with Gasteiger partial charge < -0.3 is 34.0 Å². The van der Waals surface area contributed by atoms with Gasteiger partial charge in [-0.1, -0.05) is 0 Å². The zero-order chi connectivity index (χ0) is 22.9. The number of epoxide rings is 1. The van der Waals surface area contributed by atoms with Gasteiger partial charge in [-0.3, -0.25) is 0 Å². The lowest BCUT2D eigenvalue weighted by molar-refractivity contribution is 0.000825. The summed E-state index contributed by atoms with van der Waals surface area (Å²) in [4.78, 5) is 31.2. The van der Waals surface area contributed by atoms with E-state index in [1.54, 1.807) is 41.5 Å². The molecule has 0 aliphatic carbocycles. The molecular formula is C21H37N3O6. The van der Waals surface area contributed by atoms with E-state index in [-0.39, 0.29) is 32.3 Å². The number of amides is 2. The second-order valence-electron chi connectivity index (χ2n) is 9.49. The third kappa shape index (κ3) is 11.8. The van der Waals surface area contributed by atoms with Gasteiger partial charge in [-0.25, -0.2) is 16.2 Å². The standard InChI is InChI=1S/C21H37N3O6/c1-20(2,3)29-18(26)23(11-8-10-22-7)13-16(25)14-24(12-9-17-15-28-17)19(27)30-21(4,5)6/h16-17,25H,8-15H2,1-6H3. The maximum Gasteiger partial charge on any atom is 0.410 e. The Bertz CT molecular complexity index is 601. The Kier molecular flexibility index (Phi) is 9.85. The number of nitrogens with zero attached hydrogens (tertiary/aromatic N) is 3. The van der Waals surface area contributed by atoms with Crippen LogP contribution in [-0.4, -0.2) is 89.8 Å². The summed E-state index contributed by atoms with van der Waals surface area (Å²) in [6.07, 6.45) is -0.783. The second-order valence-corrected chi connectivity index (χ2v) is 9.49. The molecule has 0 radical (unpaired) electrons. The van der Waals surface area contributed by atoms with E-state index in [9.17, 15) is 14.7 Å². The van der Waals surface area contributed by atoms with Crippen LogP contribution in [-0.2, 0) is 14.2 Å². The molecule has 1 heterocycles. The van der Waals surface area contributed by atoms with Crippen LogP contribution in [0.4, 0.5) is 9.59 Å². The van der Waals surface area contributed by atoms with Crippen LogP contribution in [0.25, 0.3) is 4.85 Å². The van der Waals surface area contributed by atoms with Gasteiger partial charge in [0.1, 0.15) is 11.2 Å². The molecule has 0 saturated carbocycles. The van der Waals surface area contributed by atoms with Crippen molar-refractivity contribution in [2.75, 3.05) is 39.3 Å². The first-order chi connectivity index (χ1) is 13.8. The highest BCUT2D eigenvalue weighted by atomic mass is 16.6. The molecule has 0 bridgehead atoms. The first-order valence-electron chi connectivity index (χ1n) is 10.4. The maximum atomic E-state index is 12.6. The third-order valence-corrected chi connectivity index (χ3v) is 3.99. The number of ether oxygens (including phenoxy) is 3. The second kappa shape index (κ2) is 11.4. The molecule has 2 unspecified atom stereocenters. The lowest BCUT2D eigenvalue weighted by Crippen LogP contribution is -2.47. The van der Waals surface area contributed by atoms with Crippen LogP contribution in [0.3, 0.4) is 0 Å². The average molecular weight is 428 g/mol. The van der Waals surface area contributed by atoms with Crippen molar-refractivity contribution in [3.8, 4) is 0 Å². The van der Waals surface area contributed by atoms with Gasteiger partial charge in [-0.05, 0) is 48.0 Å². The predicted octanol–water partition coefficient (Wildman–Crippen LogP) is 2.92. The van der Waals surface area contributed by atoms with Crippen molar-refractivity contribution >= 4 is 12.2 Å². The molecule has 1 fully saturated rings. The van der Waals surface area contributed by atoms with Crippen LogP contribution in [0, 0.1) is 6.57 Å². The van der Waals surface area contributed by atoms with Crippen molar-refractivity contribution < 1.29 is 28.9 Å². The van der Waals surface area contributed by atoms with E-state index >= 15 is 0 Å². The van der Waals surface area contributed by atoms with Crippen molar-refractivity contribution in [3.05, 3.63) is 11.4 Å². The molecule has 30 heavy (non-hydrogen) atoms. The average Bonchev–Trinajstić information content (AvgIpc) is 3.39. The van der Waals surface area contributed by atoms with Gasteiger partial charge in [-0.2, -0.15) is 0 Å². The van der Waals surface area contributed by atoms with Crippen LogP contribution in [0.5, 0.6) is 0 Å². The van der Waals surface area contributed by atoms with E-state index in [2.05, 4.69) is 4.85 Å². The molecule has 1 saturated heterocycles. The maximum absolute atomic E-state index is 12.6. The topological polar surface area (TPSA) is 96.2 Å². The van der Waals surface area contributed by atoms with Crippen molar-refractivity contribution in [1.82, 2.24) is 9.80 Å². The van der Waals surface area contributed by atoms with Gasteiger partial charge in [0.25, 0.3) is 0 Å². The third-order valence-electron chi connectivity index (χ3n) is 3.99. The van der Waals surface area contributed by atoms with Crippen LogP contribution in [0.2, 0.25) is 0 Å². The van der Waals surface area contributed by atoms with Crippen LogP contribution >= 0.6 is 0 Å². The van der Waals surface area contributed by atoms with E-state index in [1.165, 1.54) is 9.80 Å². The zero-order valence-corrected chi connectivity index (χ0v) is 19.1. The highest BCUT2D eigenvalue weighted by molar-refractivity contribution is 5.69. The molecule has 9 heteroatoms. The molecule has 172 valence electrons. The molecule has 0 spiro atoms. The first-order valence-corrected chi connectivity index (χ1v) is 10.4. The molecule has 1 aliphatic rings. The van der Waals surface area contributed by atoms with E-state index in [4.69, 9.17) is 20.8 Å². The first kappa shape index (κ1) is 26.0. The summed E-state index contributed by atoms with van der Waals surface area (Å²) >= 11 is 0. The summed E-state index contributed by atoms with van der Waals surface area (Å²) in [6, 6.07) is 0. The van der Waals surface area contributed by atoms with Crippen molar-refractivity contribution in [2.24, 2.45) is 0 Å². The van der Waals surface area contributed by atoms with Gasteiger partial charge in [0, 0.05) is 19.5 Å². The van der Waals surface area contributed by atoms with Crippen molar-refractivity contribution in [2.45, 2.75) is 77.8 Å². The van der Waals surface area contributed by atoms with Crippen LogP contribution in [0.15, 0.2) is 0 Å². The summed E-state index contributed by atoms with van der Waals surface area (Å²) in [5, 5.41) is 10.6. The molecule has 0 aromatic heterocycles. The molecule has 1 N–H and O–H groups in total. The quantitative estimate of drug-likeness (QED) is 0.327. The van der Waals surface area contributed by atoms with E-state index in [1.807, 2.05) is 0 Å². The predicted molar refractivity (Wildman–Crippen MR) is 112 cm³/mol. The molecule has 0 aromatic carbocycles. The fourth-order valence-corrected chi connectivity index (χ4v) is 2.61. The molecule has 1 aliphatic heterocycles. The van der Waals surface area contributed by atoms with Crippen molar-refractivity contribution in [1.29, 1.82) is 0 Å². The van der Waals surface area contributed by atoms with Gasteiger partial charge in [0.05, 0.1) is 31.9 Å². The van der Waals surface area contributed by atoms with Crippen molar-refractivity contribution in [3.63, 3.8) is 0 Å². The number of carbonyl (C=O) groups is 2. The fourth-order valence-electron chi connectivity index (χ4n) is 2.61. The lowest BCUT2D eigenvalue weighted by atomic mass is 10.2. The Morgan fingerprint density at radius 2 is 1.53 bits per heavy atom. The largest absolute Gasteiger partial charge is 0.444 e. The van der Waals surface area contributed by atoms with Crippen LogP contribution < -0.4 is 0 Å². The summed E-state index contributed by atoms with van der Waals surface area (Å²) in [7, 11) is 0. The van der Waals surface area contributed by atoms with Gasteiger partial charge >= 0.3 is 12.2 Å². The number of hydrogen-bond acceptors (Lipinski definition) is 6. The molecule has 0 aromatic rings. The Hall–Kier alpha value is -2.05.